The summed E-state index contributed by atoms with van der Waals surface area (Å²) < 4.78 is 5.24. The van der Waals surface area contributed by atoms with E-state index in [-0.39, 0.29) is 6.04 Å². The molecule has 3 rings (SSSR count). The summed E-state index contributed by atoms with van der Waals surface area (Å²) in [7, 11) is 1.66. The first-order valence-corrected chi connectivity index (χ1v) is 7.91. The zero-order valence-electron chi connectivity index (χ0n) is 12.3. The van der Waals surface area contributed by atoms with Crippen molar-refractivity contribution in [1.29, 1.82) is 0 Å². The number of hydrogen-bond donors (Lipinski definition) is 1. The molecular formula is C17H17N3OS. The van der Waals surface area contributed by atoms with E-state index in [0.717, 1.165) is 16.5 Å². The van der Waals surface area contributed by atoms with Crippen molar-refractivity contribution in [3.63, 3.8) is 0 Å². The highest BCUT2D eigenvalue weighted by Crippen LogP contribution is 2.24. The molecule has 0 aliphatic rings. The monoisotopic (exact) mass is 311 g/mol. The SMILES string of the molecule is COc1ccnc(CNC(c2ccccc2)c2nccs2)c1. The molecule has 0 bridgehead atoms. The van der Waals surface area contributed by atoms with Crippen molar-refractivity contribution in [2.24, 2.45) is 0 Å². The normalized spacial score (nSPS) is 12.0. The summed E-state index contributed by atoms with van der Waals surface area (Å²) in [5.41, 5.74) is 2.14. The lowest BCUT2D eigenvalue weighted by Gasteiger charge is -2.17. The van der Waals surface area contributed by atoms with Crippen LogP contribution >= 0.6 is 11.3 Å². The smallest absolute Gasteiger partial charge is 0.122 e. The topological polar surface area (TPSA) is 47.0 Å². The standard InChI is InChI=1S/C17H17N3OS/c1-21-15-7-8-18-14(11-15)12-20-16(17-19-9-10-22-17)13-5-3-2-4-6-13/h2-11,16,20H,12H2,1H3. The van der Waals surface area contributed by atoms with Gasteiger partial charge in [-0.2, -0.15) is 0 Å². The summed E-state index contributed by atoms with van der Waals surface area (Å²) >= 11 is 1.65. The third kappa shape index (κ3) is 3.50. The van der Waals surface area contributed by atoms with E-state index in [4.69, 9.17) is 4.74 Å². The van der Waals surface area contributed by atoms with Crippen LogP contribution < -0.4 is 10.1 Å². The second-order valence-electron chi connectivity index (χ2n) is 4.78. The largest absolute Gasteiger partial charge is 0.497 e. The van der Waals surface area contributed by atoms with Crippen LogP contribution in [-0.2, 0) is 6.54 Å². The molecule has 0 saturated carbocycles. The number of thiazole rings is 1. The minimum atomic E-state index is 0.0641. The van der Waals surface area contributed by atoms with E-state index < -0.39 is 0 Å². The number of pyridine rings is 1. The lowest BCUT2D eigenvalue weighted by Crippen LogP contribution is -2.22. The van der Waals surface area contributed by atoms with Gasteiger partial charge >= 0.3 is 0 Å². The molecule has 0 aliphatic carbocycles. The first-order chi connectivity index (χ1) is 10.9. The van der Waals surface area contributed by atoms with Crippen molar-refractivity contribution in [3.8, 4) is 5.75 Å². The summed E-state index contributed by atoms with van der Waals surface area (Å²) in [6.07, 6.45) is 3.60. The average Bonchev–Trinajstić information content (AvgIpc) is 3.10. The van der Waals surface area contributed by atoms with Gasteiger partial charge in [-0.25, -0.2) is 4.98 Å². The Morgan fingerprint density at radius 2 is 2.00 bits per heavy atom. The third-order valence-corrected chi connectivity index (χ3v) is 4.18. The van der Waals surface area contributed by atoms with Crippen LogP contribution in [0.3, 0.4) is 0 Å². The van der Waals surface area contributed by atoms with Crippen LogP contribution in [0.25, 0.3) is 0 Å². The number of aromatic nitrogens is 2. The van der Waals surface area contributed by atoms with Crippen LogP contribution in [0, 0.1) is 0 Å². The Bertz CT molecular complexity index is 701. The molecule has 1 unspecified atom stereocenters. The molecule has 2 heterocycles. The number of hydrogen-bond acceptors (Lipinski definition) is 5. The molecule has 0 amide bonds. The maximum absolute atomic E-state index is 5.24. The van der Waals surface area contributed by atoms with Crippen molar-refractivity contribution < 1.29 is 4.74 Å². The molecule has 0 fully saturated rings. The van der Waals surface area contributed by atoms with Crippen LogP contribution in [0.5, 0.6) is 5.75 Å². The number of methoxy groups -OCH3 is 1. The van der Waals surface area contributed by atoms with Gasteiger partial charge in [0.15, 0.2) is 0 Å². The molecule has 1 aromatic carbocycles. The van der Waals surface area contributed by atoms with Crippen LogP contribution in [0.2, 0.25) is 0 Å². The molecule has 3 aromatic rings. The predicted molar refractivity (Wildman–Crippen MR) is 88.0 cm³/mol. The molecule has 112 valence electrons. The number of rotatable bonds is 6. The van der Waals surface area contributed by atoms with E-state index in [1.54, 1.807) is 24.6 Å². The Morgan fingerprint density at radius 1 is 1.14 bits per heavy atom. The van der Waals surface area contributed by atoms with Gasteiger partial charge in [-0.05, 0) is 11.6 Å². The summed E-state index contributed by atoms with van der Waals surface area (Å²) in [6.45, 7) is 0.649. The first-order valence-electron chi connectivity index (χ1n) is 7.03. The molecule has 0 aliphatic heterocycles. The van der Waals surface area contributed by atoms with E-state index in [1.165, 1.54) is 5.56 Å². The second kappa shape index (κ2) is 7.15. The number of nitrogens with zero attached hydrogens (tertiary/aromatic N) is 2. The Hall–Kier alpha value is -2.24. The molecular weight excluding hydrogens is 294 g/mol. The van der Waals surface area contributed by atoms with Crippen LogP contribution in [-0.4, -0.2) is 17.1 Å². The molecule has 4 nitrogen and oxygen atoms in total. The molecule has 0 saturated heterocycles. The van der Waals surface area contributed by atoms with E-state index in [0.29, 0.717) is 6.54 Å². The Labute approximate surface area is 133 Å². The zero-order chi connectivity index (χ0) is 15.2. The quantitative estimate of drug-likeness (QED) is 0.757. The molecule has 1 N–H and O–H groups in total. The highest BCUT2D eigenvalue weighted by molar-refractivity contribution is 7.09. The van der Waals surface area contributed by atoms with Crippen molar-refractivity contribution in [2.75, 3.05) is 7.11 Å². The highest BCUT2D eigenvalue weighted by atomic mass is 32.1. The predicted octanol–water partition coefficient (Wildman–Crippen LogP) is 3.43. The third-order valence-electron chi connectivity index (χ3n) is 3.34. The van der Waals surface area contributed by atoms with Gasteiger partial charge in [0.05, 0.1) is 18.8 Å². The number of benzene rings is 1. The average molecular weight is 311 g/mol. The lowest BCUT2D eigenvalue weighted by atomic mass is 10.1. The molecule has 22 heavy (non-hydrogen) atoms. The molecule has 2 aromatic heterocycles. The Kier molecular flexibility index (Phi) is 4.78. The second-order valence-corrected chi connectivity index (χ2v) is 5.71. The summed E-state index contributed by atoms with van der Waals surface area (Å²) in [6, 6.07) is 14.2. The van der Waals surface area contributed by atoms with E-state index in [9.17, 15) is 0 Å². The van der Waals surface area contributed by atoms with Crippen molar-refractivity contribution in [1.82, 2.24) is 15.3 Å². The Morgan fingerprint density at radius 3 is 2.73 bits per heavy atom. The molecule has 0 radical (unpaired) electrons. The number of nitrogens with one attached hydrogen (secondary N) is 1. The van der Waals surface area contributed by atoms with Crippen molar-refractivity contribution in [3.05, 3.63) is 76.5 Å². The molecule has 1 atom stereocenters. The van der Waals surface area contributed by atoms with Gasteiger partial charge in [-0.3, -0.25) is 10.3 Å². The van der Waals surface area contributed by atoms with Crippen molar-refractivity contribution >= 4 is 11.3 Å². The van der Waals surface area contributed by atoms with Crippen molar-refractivity contribution in [2.45, 2.75) is 12.6 Å². The van der Waals surface area contributed by atoms with Gasteiger partial charge < -0.3 is 4.74 Å². The van der Waals surface area contributed by atoms with Crippen LogP contribution in [0.1, 0.15) is 22.3 Å². The van der Waals surface area contributed by atoms with Crippen LogP contribution in [0.4, 0.5) is 0 Å². The van der Waals surface area contributed by atoms with Gasteiger partial charge in [-0.15, -0.1) is 11.3 Å². The highest BCUT2D eigenvalue weighted by Gasteiger charge is 2.16. The molecule has 5 heteroatoms. The summed E-state index contributed by atoms with van der Waals surface area (Å²) in [5, 5.41) is 6.58. The first kappa shape index (κ1) is 14.7. The minimum Gasteiger partial charge on any atom is -0.497 e. The van der Waals surface area contributed by atoms with Gasteiger partial charge in [0.2, 0.25) is 0 Å². The van der Waals surface area contributed by atoms with Crippen LogP contribution in [0.15, 0.2) is 60.2 Å². The van der Waals surface area contributed by atoms with E-state index in [1.807, 2.05) is 41.9 Å². The number of ether oxygens (including phenoxy) is 1. The van der Waals surface area contributed by atoms with Gasteiger partial charge in [0.25, 0.3) is 0 Å². The fourth-order valence-electron chi connectivity index (χ4n) is 2.26. The summed E-state index contributed by atoms with van der Waals surface area (Å²) in [4.78, 5) is 8.82. The summed E-state index contributed by atoms with van der Waals surface area (Å²) in [5.74, 6) is 0.817. The zero-order valence-corrected chi connectivity index (χ0v) is 13.1. The lowest BCUT2D eigenvalue weighted by molar-refractivity contribution is 0.413. The van der Waals surface area contributed by atoms with E-state index in [2.05, 4.69) is 27.4 Å². The maximum atomic E-state index is 5.24. The Balaban J connectivity index is 1.79. The molecule has 0 spiro atoms. The minimum absolute atomic E-state index is 0.0641. The van der Waals surface area contributed by atoms with Gasteiger partial charge in [-0.1, -0.05) is 30.3 Å². The fraction of sp³-hybridized carbons (Fsp3) is 0.176. The van der Waals surface area contributed by atoms with Gasteiger partial charge in [0, 0.05) is 30.4 Å². The fourth-order valence-corrected chi connectivity index (χ4v) is 2.99. The van der Waals surface area contributed by atoms with Gasteiger partial charge in [0.1, 0.15) is 10.8 Å². The van der Waals surface area contributed by atoms with E-state index >= 15 is 0 Å². The maximum Gasteiger partial charge on any atom is 0.122 e.